The number of carbonyl (C=O) groups excluding carboxylic acids is 1. The molecule has 6 heteroatoms. The van der Waals surface area contributed by atoms with Crippen LogP contribution in [-0.2, 0) is 0 Å². The highest BCUT2D eigenvalue weighted by Gasteiger charge is 2.09. The van der Waals surface area contributed by atoms with Gasteiger partial charge < -0.3 is 15.0 Å². The van der Waals surface area contributed by atoms with Gasteiger partial charge in [-0.2, -0.15) is 0 Å². The van der Waals surface area contributed by atoms with Crippen molar-refractivity contribution < 1.29 is 9.53 Å². The van der Waals surface area contributed by atoms with Crippen LogP contribution in [0.5, 0.6) is 5.88 Å². The van der Waals surface area contributed by atoms with Crippen LogP contribution in [-0.4, -0.2) is 48.0 Å². The Morgan fingerprint density at radius 3 is 2.74 bits per heavy atom. The first-order valence-corrected chi connectivity index (χ1v) is 7.44. The molecular weight excluding hydrogens is 292 g/mol. The number of pyridine rings is 2. The first kappa shape index (κ1) is 16.9. The summed E-state index contributed by atoms with van der Waals surface area (Å²) in [5, 5.41) is 2.80. The molecular formula is C17H22N4O2. The summed E-state index contributed by atoms with van der Waals surface area (Å²) in [5.41, 5.74) is 2.40. The van der Waals surface area contributed by atoms with E-state index in [0.717, 1.165) is 17.8 Å². The smallest absolute Gasteiger partial charge is 0.257 e. The van der Waals surface area contributed by atoms with E-state index >= 15 is 0 Å². The molecule has 2 aromatic heterocycles. The Labute approximate surface area is 136 Å². The van der Waals surface area contributed by atoms with Crippen LogP contribution in [0.4, 0.5) is 5.82 Å². The third kappa shape index (κ3) is 5.34. The summed E-state index contributed by atoms with van der Waals surface area (Å²) in [6.07, 6.45) is 1.56. The average molecular weight is 314 g/mol. The summed E-state index contributed by atoms with van der Waals surface area (Å²) in [6.45, 7) is 5.16. The highest BCUT2D eigenvalue weighted by molar-refractivity contribution is 6.03. The van der Waals surface area contributed by atoms with Gasteiger partial charge in [-0.15, -0.1) is 0 Å². The number of nitrogens with zero attached hydrogens (tertiary/aromatic N) is 3. The van der Waals surface area contributed by atoms with Crippen LogP contribution >= 0.6 is 0 Å². The van der Waals surface area contributed by atoms with Gasteiger partial charge in [0.15, 0.2) is 0 Å². The van der Waals surface area contributed by atoms with Crippen LogP contribution < -0.4 is 10.1 Å². The molecule has 122 valence electrons. The minimum Gasteiger partial charge on any atom is -0.476 e. The maximum Gasteiger partial charge on any atom is 0.257 e. The highest BCUT2D eigenvalue weighted by atomic mass is 16.5. The fourth-order valence-corrected chi connectivity index (χ4v) is 2.06. The molecule has 0 atom stereocenters. The topological polar surface area (TPSA) is 67.3 Å². The van der Waals surface area contributed by atoms with Crippen molar-refractivity contribution in [1.82, 2.24) is 14.9 Å². The van der Waals surface area contributed by atoms with Crippen LogP contribution in [0.3, 0.4) is 0 Å². The Hall–Kier alpha value is -2.47. The predicted octanol–water partition coefficient (Wildman–Crippen LogP) is 2.29. The molecule has 0 unspecified atom stereocenters. The number of ether oxygens (including phenoxy) is 1. The fourth-order valence-electron chi connectivity index (χ4n) is 2.06. The molecule has 0 saturated heterocycles. The first-order chi connectivity index (χ1) is 10.9. The van der Waals surface area contributed by atoms with Gasteiger partial charge in [-0.1, -0.05) is 0 Å². The van der Waals surface area contributed by atoms with E-state index in [4.69, 9.17) is 4.74 Å². The van der Waals surface area contributed by atoms with Crippen LogP contribution in [0.25, 0.3) is 0 Å². The largest absolute Gasteiger partial charge is 0.476 e. The SMILES string of the molecule is Cc1cc(C)nc(NC(=O)c2ccnc(OCCN(C)C)c2)c1. The molecule has 0 aliphatic rings. The first-order valence-electron chi connectivity index (χ1n) is 7.44. The minimum absolute atomic E-state index is 0.234. The van der Waals surface area contributed by atoms with E-state index in [0.29, 0.717) is 23.9 Å². The van der Waals surface area contributed by atoms with E-state index in [1.807, 2.05) is 45.0 Å². The van der Waals surface area contributed by atoms with E-state index in [9.17, 15) is 4.79 Å². The molecule has 0 aliphatic carbocycles. The normalized spacial score (nSPS) is 10.7. The van der Waals surface area contributed by atoms with Gasteiger partial charge in [-0.25, -0.2) is 9.97 Å². The molecule has 6 nitrogen and oxygen atoms in total. The number of hydrogen-bond acceptors (Lipinski definition) is 5. The predicted molar refractivity (Wildman–Crippen MR) is 90.0 cm³/mol. The lowest BCUT2D eigenvalue weighted by atomic mass is 10.2. The standard InChI is InChI=1S/C17H22N4O2/c1-12-9-13(2)19-15(10-12)20-17(22)14-5-6-18-16(11-14)23-8-7-21(3)4/h5-6,9-11H,7-8H2,1-4H3,(H,19,20,22). The van der Waals surface area contributed by atoms with E-state index < -0.39 is 0 Å². The van der Waals surface area contributed by atoms with Gasteiger partial charge in [0.25, 0.3) is 5.91 Å². The lowest BCUT2D eigenvalue weighted by molar-refractivity contribution is 0.102. The van der Waals surface area contributed by atoms with Crippen molar-refractivity contribution >= 4 is 11.7 Å². The summed E-state index contributed by atoms with van der Waals surface area (Å²) in [4.78, 5) is 22.8. The second-order valence-corrected chi connectivity index (χ2v) is 5.66. The number of aryl methyl sites for hydroxylation is 2. The van der Waals surface area contributed by atoms with Crippen molar-refractivity contribution in [3.63, 3.8) is 0 Å². The zero-order valence-electron chi connectivity index (χ0n) is 14.0. The molecule has 0 saturated carbocycles. The number of nitrogens with one attached hydrogen (secondary N) is 1. The summed E-state index contributed by atoms with van der Waals surface area (Å²) in [6, 6.07) is 7.07. The Bertz CT molecular complexity index is 666. The van der Waals surface area contributed by atoms with E-state index in [1.54, 1.807) is 18.3 Å². The molecule has 2 heterocycles. The summed E-state index contributed by atoms with van der Waals surface area (Å²) in [7, 11) is 3.94. The minimum atomic E-state index is -0.234. The number of amides is 1. The Kier molecular flexibility index (Phi) is 5.65. The molecule has 23 heavy (non-hydrogen) atoms. The van der Waals surface area contributed by atoms with Crippen LogP contribution in [0.15, 0.2) is 30.5 Å². The number of carbonyl (C=O) groups is 1. The lowest BCUT2D eigenvalue weighted by Crippen LogP contribution is -2.20. The average Bonchev–Trinajstić information content (AvgIpc) is 2.46. The van der Waals surface area contributed by atoms with E-state index in [1.165, 1.54) is 0 Å². The van der Waals surface area contributed by atoms with Gasteiger partial charge in [0, 0.05) is 30.1 Å². The Morgan fingerprint density at radius 1 is 1.26 bits per heavy atom. The molecule has 0 radical (unpaired) electrons. The van der Waals surface area contributed by atoms with Crippen molar-refractivity contribution in [1.29, 1.82) is 0 Å². The molecule has 0 bridgehead atoms. The number of aromatic nitrogens is 2. The molecule has 0 aromatic carbocycles. The van der Waals surface area contributed by atoms with Gasteiger partial charge in [0.1, 0.15) is 12.4 Å². The monoisotopic (exact) mass is 314 g/mol. The van der Waals surface area contributed by atoms with Gasteiger partial charge in [-0.05, 0) is 51.7 Å². The molecule has 0 fully saturated rings. The Balaban J connectivity index is 2.04. The maximum atomic E-state index is 12.3. The third-order valence-corrected chi connectivity index (χ3v) is 3.12. The lowest BCUT2D eigenvalue weighted by Gasteiger charge is -2.11. The molecule has 1 N–H and O–H groups in total. The number of hydrogen-bond donors (Lipinski definition) is 1. The second kappa shape index (κ2) is 7.69. The second-order valence-electron chi connectivity index (χ2n) is 5.66. The third-order valence-electron chi connectivity index (χ3n) is 3.12. The Morgan fingerprint density at radius 2 is 2.04 bits per heavy atom. The quantitative estimate of drug-likeness (QED) is 0.886. The summed E-state index contributed by atoms with van der Waals surface area (Å²) >= 11 is 0. The molecule has 0 aliphatic heterocycles. The summed E-state index contributed by atoms with van der Waals surface area (Å²) in [5.74, 6) is 0.745. The summed E-state index contributed by atoms with van der Waals surface area (Å²) < 4.78 is 5.55. The van der Waals surface area contributed by atoms with Crippen LogP contribution in [0.1, 0.15) is 21.6 Å². The zero-order valence-corrected chi connectivity index (χ0v) is 14.0. The van der Waals surface area contributed by atoms with E-state index in [-0.39, 0.29) is 5.91 Å². The zero-order chi connectivity index (χ0) is 16.8. The van der Waals surface area contributed by atoms with E-state index in [2.05, 4.69) is 15.3 Å². The highest BCUT2D eigenvalue weighted by Crippen LogP contribution is 2.13. The number of likely N-dealkylation sites (N-methyl/N-ethyl adjacent to an activating group) is 1. The van der Waals surface area contributed by atoms with Crippen LogP contribution in [0, 0.1) is 13.8 Å². The van der Waals surface area contributed by atoms with Gasteiger partial charge in [0.05, 0.1) is 0 Å². The maximum absolute atomic E-state index is 12.3. The van der Waals surface area contributed by atoms with Gasteiger partial charge >= 0.3 is 0 Å². The van der Waals surface area contributed by atoms with Gasteiger partial charge in [-0.3, -0.25) is 4.79 Å². The number of anilines is 1. The van der Waals surface area contributed by atoms with Crippen molar-refractivity contribution in [2.24, 2.45) is 0 Å². The molecule has 2 aromatic rings. The van der Waals surface area contributed by atoms with Crippen molar-refractivity contribution in [3.8, 4) is 5.88 Å². The fraction of sp³-hybridized carbons (Fsp3) is 0.353. The van der Waals surface area contributed by atoms with Crippen molar-refractivity contribution in [2.75, 3.05) is 32.6 Å². The molecule has 2 rings (SSSR count). The van der Waals surface area contributed by atoms with Crippen LogP contribution in [0.2, 0.25) is 0 Å². The van der Waals surface area contributed by atoms with Crippen molar-refractivity contribution in [2.45, 2.75) is 13.8 Å². The van der Waals surface area contributed by atoms with Gasteiger partial charge in [0.2, 0.25) is 5.88 Å². The van der Waals surface area contributed by atoms with Crippen molar-refractivity contribution in [3.05, 3.63) is 47.3 Å². The number of rotatable bonds is 6. The molecule has 0 spiro atoms. The molecule has 1 amide bonds.